The van der Waals surface area contributed by atoms with E-state index in [1.165, 1.54) is 0 Å². The summed E-state index contributed by atoms with van der Waals surface area (Å²) in [6.07, 6.45) is 1.08. The van der Waals surface area contributed by atoms with E-state index in [-0.39, 0.29) is 0 Å². The lowest BCUT2D eigenvalue weighted by Crippen LogP contribution is -2.46. The number of rotatable bonds is 6. The smallest absolute Gasteiger partial charge is 0.488 e. The number of ether oxygens (including phenoxy) is 2. The van der Waals surface area contributed by atoms with Gasteiger partial charge in [-0.05, 0) is 24.0 Å². The van der Waals surface area contributed by atoms with Crippen molar-refractivity contribution in [2.45, 2.75) is 19.4 Å². The van der Waals surface area contributed by atoms with E-state index in [2.05, 4.69) is 11.8 Å². The highest BCUT2D eigenvalue weighted by molar-refractivity contribution is 6.58. The molecule has 0 bridgehead atoms. The van der Waals surface area contributed by atoms with Gasteiger partial charge in [-0.1, -0.05) is 19.1 Å². The monoisotopic (exact) mass is 279 g/mol. The molecule has 1 heterocycles. The molecule has 20 heavy (non-hydrogen) atoms. The molecule has 0 amide bonds. The third-order valence-corrected chi connectivity index (χ3v) is 3.62. The Morgan fingerprint density at radius 3 is 3.05 bits per heavy atom. The van der Waals surface area contributed by atoms with Crippen LogP contribution in [-0.2, 0) is 4.74 Å². The molecule has 1 aliphatic rings. The zero-order valence-electron chi connectivity index (χ0n) is 11.9. The van der Waals surface area contributed by atoms with Crippen LogP contribution in [-0.4, -0.2) is 61.0 Å². The molecular weight excluding hydrogens is 257 g/mol. The Bertz CT molecular complexity index is 416. The van der Waals surface area contributed by atoms with Gasteiger partial charge in [0.2, 0.25) is 0 Å². The average Bonchev–Trinajstić information content (AvgIpc) is 2.48. The quantitative estimate of drug-likeness (QED) is 0.709. The van der Waals surface area contributed by atoms with Gasteiger partial charge in [-0.15, -0.1) is 0 Å². The number of morpholine rings is 1. The lowest BCUT2D eigenvalue weighted by molar-refractivity contribution is -0.0132. The summed E-state index contributed by atoms with van der Waals surface area (Å²) in [5, 5.41) is 18.2. The highest BCUT2D eigenvalue weighted by Gasteiger charge is 2.20. The van der Waals surface area contributed by atoms with Crippen molar-refractivity contribution in [1.82, 2.24) is 4.90 Å². The molecule has 1 aromatic rings. The molecule has 6 heteroatoms. The molecule has 1 aromatic carbocycles. The molecule has 0 spiro atoms. The van der Waals surface area contributed by atoms with Crippen LogP contribution in [0.25, 0.3) is 0 Å². The molecule has 1 atom stereocenters. The van der Waals surface area contributed by atoms with Crippen LogP contribution in [0.1, 0.15) is 13.3 Å². The van der Waals surface area contributed by atoms with Gasteiger partial charge in [0.15, 0.2) is 0 Å². The van der Waals surface area contributed by atoms with E-state index >= 15 is 0 Å². The van der Waals surface area contributed by atoms with Crippen molar-refractivity contribution < 1.29 is 19.5 Å². The molecular formula is C14H22BNO4. The van der Waals surface area contributed by atoms with Crippen LogP contribution < -0.4 is 10.2 Å². The lowest BCUT2D eigenvalue weighted by Gasteiger charge is -2.34. The second-order valence-corrected chi connectivity index (χ2v) is 4.97. The van der Waals surface area contributed by atoms with Gasteiger partial charge in [0.1, 0.15) is 12.4 Å². The number of benzene rings is 1. The van der Waals surface area contributed by atoms with Crippen LogP contribution >= 0.6 is 0 Å². The first-order valence-electron chi connectivity index (χ1n) is 7.11. The van der Waals surface area contributed by atoms with E-state index in [0.29, 0.717) is 23.9 Å². The molecule has 5 nitrogen and oxygen atoms in total. The van der Waals surface area contributed by atoms with Crippen LogP contribution in [0.3, 0.4) is 0 Å². The van der Waals surface area contributed by atoms with Gasteiger partial charge in [-0.2, -0.15) is 0 Å². The zero-order valence-corrected chi connectivity index (χ0v) is 11.9. The molecule has 1 aliphatic heterocycles. The molecule has 110 valence electrons. The van der Waals surface area contributed by atoms with Crippen molar-refractivity contribution >= 4 is 12.6 Å². The largest absolute Gasteiger partial charge is 0.492 e. The molecule has 2 rings (SSSR count). The lowest BCUT2D eigenvalue weighted by atomic mass is 9.80. The van der Waals surface area contributed by atoms with Crippen LogP contribution in [0.15, 0.2) is 24.3 Å². The van der Waals surface area contributed by atoms with E-state index in [1.807, 2.05) is 6.07 Å². The zero-order chi connectivity index (χ0) is 14.4. The summed E-state index contributed by atoms with van der Waals surface area (Å²) in [4.78, 5) is 2.38. The first kappa shape index (κ1) is 15.3. The normalized spacial score (nSPS) is 19.9. The Labute approximate surface area is 120 Å². The maximum absolute atomic E-state index is 9.12. The maximum atomic E-state index is 9.12. The van der Waals surface area contributed by atoms with E-state index in [1.54, 1.807) is 18.2 Å². The fraction of sp³-hybridized carbons (Fsp3) is 0.571. The Morgan fingerprint density at radius 2 is 2.30 bits per heavy atom. The van der Waals surface area contributed by atoms with Crippen molar-refractivity contribution in [2.24, 2.45) is 0 Å². The first-order chi connectivity index (χ1) is 9.70. The van der Waals surface area contributed by atoms with Crippen molar-refractivity contribution in [3.05, 3.63) is 24.3 Å². The standard InChI is InChI=1S/C14H22BNO4/c1-2-13-11-19-8-6-16(13)7-9-20-14-5-3-4-12(10-14)15(17)18/h3-5,10,13,17-18H,2,6-9,11H2,1H3. The average molecular weight is 279 g/mol. The van der Waals surface area contributed by atoms with Crippen molar-refractivity contribution in [3.8, 4) is 5.75 Å². The van der Waals surface area contributed by atoms with Gasteiger partial charge in [-0.3, -0.25) is 4.90 Å². The molecule has 0 aliphatic carbocycles. The summed E-state index contributed by atoms with van der Waals surface area (Å²) in [5.74, 6) is 0.664. The predicted molar refractivity (Wildman–Crippen MR) is 78.2 cm³/mol. The fourth-order valence-electron chi connectivity index (χ4n) is 2.41. The third-order valence-electron chi connectivity index (χ3n) is 3.62. The van der Waals surface area contributed by atoms with Crippen LogP contribution in [0.5, 0.6) is 5.75 Å². The molecule has 0 radical (unpaired) electrons. The van der Waals surface area contributed by atoms with E-state index in [0.717, 1.165) is 32.7 Å². The van der Waals surface area contributed by atoms with Gasteiger partial charge < -0.3 is 19.5 Å². The predicted octanol–water partition coefficient (Wildman–Crippen LogP) is -0.144. The third kappa shape index (κ3) is 4.21. The Morgan fingerprint density at radius 1 is 1.45 bits per heavy atom. The summed E-state index contributed by atoms with van der Waals surface area (Å²) in [6, 6.07) is 7.36. The maximum Gasteiger partial charge on any atom is 0.488 e. The number of nitrogens with zero attached hydrogens (tertiary/aromatic N) is 1. The summed E-state index contributed by atoms with van der Waals surface area (Å²) in [6.45, 7) is 6.12. The summed E-state index contributed by atoms with van der Waals surface area (Å²) >= 11 is 0. The van der Waals surface area contributed by atoms with Gasteiger partial charge in [0.05, 0.1) is 13.2 Å². The topological polar surface area (TPSA) is 62.2 Å². The van der Waals surface area contributed by atoms with E-state index in [4.69, 9.17) is 19.5 Å². The highest BCUT2D eigenvalue weighted by atomic mass is 16.5. The minimum absolute atomic E-state index is 0.445. The fourth-order valence-corrected chi connectivity index (χ4v) is 2.41. The van der Waals surface area contributed by atoms with Crippen LogP contribution in [0.4, 0.5) is 0 Å². The van der Waals surface area contributed by atoms with Gasteiger partial charge in [-0.25, -0.2) is 0 Å². The summed E-state index contributed by atoms with van der Waals surface area (Å²) < 4.78 is 11.2. The van der Waals surface area contributed by atoms with Gasteiger partial charge in [0.25, 0.3) is 0 Å². The van der Waals surface area contributed by atoms with Crippen molar-refractivity contribution in [3.63, 3.8) is 0 Å². The Kier molecular flexibility index (Phi) is 5.85. The minimum atomic E-state index is -1.46. The van der Waals surface area contributed by atoms with Crippen LogP contribution in [0.2, 0.25) is 0 Å². The van der Waals surface area contributed by atoms with E-state index < -0.39 is 7.12 Å². The van der Waals surface area contributed by atoms with Crippen molar-refractivity contribution in [2.75, 3.05) is 32.9 Å². The SMILES string of the molecule is CCC1COCCN1CCOc1cccc(B(O)O)c1. The second kappa shape index (κ2) is 7.64. The molecule has 2 N–H and O–H groups in total. The minimum Gasteiger partial charge on any atom is -0.492 e. The summed E-state index contributed by atoms with van der Waals surface area (Å²) in [5.41, 5.74) is 0.445. The molecule has 1 unspecified atom stereocenters. The second-order valence-electron chi connectivity index (χ2n) is 4.97. The van der Waals surface area contributed by atoms with Crippen molar-refractivity contribution in [1.29, 1.82) is 0 Å². The molecule has 0 saturated carbocycles. The number of hydrogen-bond donors (Lipinski definition) is 2. The van der Waals surface area contributed by atoms with Gasteiger partial charge >= 0.3 is 7.12 Å². The van der Waals surface area contributed by atoms with Gasteiger partial charge in [0, 0.05) is 19.1 Å². The van der Waals surface area contributed by atoms with Crippen LogP contribution in [0, 0.1) is 0 Å². The first-order valence-corrected chi connectivity index (χ1v) is 7.11. The Balaban J connectivity index is 1.81. The summed E-state index contributed by atoms with van der Waals surface area (Å²) in [7, 11) is -1.46. The molecule has 1 fully saturated rings. The van der Waals surface area contributed by atoms with E-state index in [9.17, 15) is 0 Å². The highest BCUT2D eigenvalue weighted by Crippen LogP contribution is 2.11. The number of hydrogen-bond acceptors (Lipinski definition) is 5. The molecule has 0 aromatic heterocycles. The Hall–Kier alpha value is -1.08. The molecule has 1 saturated heterocycles.